The largest absolute Gasteiger partial charge is 0.443 e. The zero-order valence-corrected chi connectivity index (χ0v) is 18.6. The quantitative estimate of drug-likeness (QED) is 0.749. The van der Waals surface area contributed by atoms with Crippen LogP contribution in [0.4, 0.5) is 15.5 Å². The number of anilines is 1. The Morgan fingerprint density at radius 1 is 1.13 bits per heavy atom. The molecule has 1 fully saturated rings. The van der Waals surface area contributed by atoms with Crippen molar-refractivity contribution in [1.29, 1.82) is 0 Å². The molecule has 30 heavy (non-hydrogen) atoms. The van der Waals surface area contributed by atoms with Crippen LogP contribution in [-0.2, 0) is 16.0 Å². The highest BCUT2D eigenvalue weighted by molar-refractivity contribution is 5.88. The first kappa shape index (κ1) is 23.8. The summed E-state index contributed by atoms with van der Waals surface area (Å²) in [6.07, 6.45) is 1.51. The predicted molar refractivity (Wildman–Crippen MR) is 111 cm³/mol. The van der Waals surface area contributed by atoms with Gasteiger partial charge in [0.25, 0.3) is 0 Å². The van der Waals surface area contributed by atoms with Crippen molar-refractivity contribution in [3.05, 3.63) is 18.0 Å². The van der Waals surface area contributed by atoms with Crippen molar-refractivity contribution in [2.45, 2.75) is 65.3 Å². The molecule has 1 aromatic rings. The number of amides is 2. The van der Waals surface area contributed by atoms with Crippen LogP contribution in [0.3, 0.4) is 0 Å². The molecule has 0 bridgehead atoms. The molecule has 0 aliphatic carbocycles. The molecule has 168 valence electrons. The fourth-order valence-electron chi connectivity index (χ4n) is 2.79. The molecule has 0 spiro atoms. The fraction of sp³-hybridized carbons (Fsp3) is 0.700. The Balaban J connectivity index is 2.17. The summed E-state index contributed by atoms with van der Waals surface area (Å²) in [6, 6.07) is -0.107. The van der Waals surface area contributed by atoms with Crippen LogP contribution in [0.5, 0.6) is 0 Å². The molecule has 0 aromatic carbocycles. The Labute approximate surface area is 177 Å². The third-order valence-electron chi connectivity index (χ3n) is 4.08. The standard InChI is InChI=1S/C20H33N5O5/c1-19(2,3)29-17(27)25(18(28)30-20(4,5)6)12-14-9-22-16(23-10-14)24-8-7-21-11-15(24)13-26/h9-10,15,21,26H,7-8,11-13H2,1-6H3. The minimum absolute atomic E-state index is 0.0107. The minimum atomic E-state index is -0.803. The Kier molecular flexibility index (Phi) is 7.59. The highest BCUT2D eigenvalue weighted by atomic mass is 16.6. The number of nitrogens with one attached hydrogen (secondary N) is 1. The van der Waals surface area contributed by atoms with Gasteiger partial charge in [-0.2, -0.15) is 0 Å². The minimum Gasteiger partial charge on any atom is -0.443 e. The van der Waals surface area contributed by atoms with E-state index in [0.29, 0.717) is 24.6 Å². The molecule has 10 nitrogen and oxygen atoms in total. The first-order valence-electron chi connectivity index (χ1n) is 10.0. The Morgan fingerprint density at radius 2 is 1.67 bits per heavy atom. The van der Waals surface area contributed by atoms with Gasteiger partial charge in [0, 0.05) is 37.6 Å². The van der Waals surface area contributed by atoms with Crippen LogP contribution >= 0.6 is 0 Å². The molecule has 1 saturated heterocycles. The third-order valence-corrected chi connectivity index (χ3v) is 4.08. The molecule has 1 aliphatic rings. The molecule has 2 N–H and O–H groups in total. The zero-order chi connectivity index (χ0) is 22.5. The van der Waals surface area contributed by atoms with Crippen molar-refractivity contribution in [1.82, 2.24) is 20.2 Å². The van der Waals surface area contributed by atoms with E-state index in [1.165, 1.54) is 0 Å². The predicted octanol–water partition coefficient (Wildman–Crippen LogP) is 1.92. The Morgan fingerprint density at radius 3 is 2.13 bits per heavy atom. The summed E-state index contributed by atoms with van der Waals surface area (Å²) in [4.78, 5) is 36.8. The first-order chi connectivity index (χ1) is 13.9. The smallest absolute Gasteiger partial charge is 0.420 e. The van der Waals surface area contributed by atoms with Crippen LogP contribution in [0.2, 0.25) is 0 Å². The molecular formula is C20H33N5O5. The maximum atomic E-state index is 12.6. The van der Waals surface area contributed by atoms with Crippen LogP contribution in [0.15, 0.2) is 12.4 Å². The molecule has 1 aliphatic heterocycles. The molecule has 10 heteroatoms. The number of aliphatic hydroxyl groups excluding tert-OH is 1. The normalized spacial score (nSPS) is 17.4. The summed E-state index contributed by atoms with van der Waals surface area (Å²) in [5, 5.41) is 12.8. The molecule has 2 heterocycles. The third kappa shape index (κ3) is 7.10. The summed E-state index contributed by atoms with van der Waals surface area (Å²) in [5.41, 5.74) is -0.982. The summed E-state index contributed by atoms with van der Waals surface area (Å²) in [7, 11) is 0. The first-order valence-corrected chi connectivity index (χ1v) is 10.0. The molecule has 0 saturated carbocycles. The number of hydrogen-bond acceptors (Lipinski definition) is 9. The number of nitrogens with zero attached hydrogens (tertiary/aromatic N) is 4. The maximum Gasteiger partial charge on any atom is 0.420 e. The average Bonchev–Trinajstić information content (AvgIpc) is 2.63. The van der Waals surface area contributed by atoms with E-state index in [1.807, 2.05) is 4.90 Å². The Hall–Kier alpha value is -2.46. The number of piperazine rings is 1. The van der Waals surface area contributed by atoms with Crippen molar-refractivity contribution in [3.8, 4) is 0 Å². The SMILES string of the molecule is CC(C)(C)OC(=O)N(Cc1cnc(N2CCNCC2CO)nc1)C(=O)OC(C)(C)C. The van der Waals surface area contributed by atoms with Gasteiger partial charge >= 0.3 is 12.2 Å². The lowest BCUT2D eigenvalue weighted by Crippen LogP contribution is -2.53. The second-order valence-corrected chi connectivity index (χ2v) is 9.17. The van der Waals surface area contributed by atoms with Gasteiger partial charge in [0.1, 0.15) is 11.2 Å². The molecule has 1 atom stereocenters. The number of carbonyl (C=O) groups excluding carboxylic acids is 2. The van der Waals surface area contributed by atoms with Gasteiger partial charge in [-0.15, -0.1) is 0 Å². The molecule has 0 radical (unpaired) electrons. The number of rotatable bonds is 4. The van der Waals surface area contributed by atoms with Gasteiger partial charge in [-0.25, -0.2) is 24.5 Å². The second kappa shape index (κ2) is 9.57. The molecule has 1 unspecified atom stereocenters. The number of aliphatic hydroxyl groups is 1. The number of ether oxygens (including phenoxy) is 2. The van der Waals surface area contributed by atoms with Crippen LogP contribution < -0.4 is 10.2 Å². The lowest BCUT2D eigenvalue weighted by atomic mass is 10.2. The highest BCUT2D eigenvalue weighted by Crippen LogP contribution is 2.18. The molecular weight excluding hydrogens is 390 g/mol. The van der Waals surface area contributed by atoms with Crippen LogP contribution in [-0.4, -0.2) is 75.6 Å². The number of carbonyl (C=O) groups is 2. The van der Waals surface area contributed by atoms with E-state index in [1.54, 1.807) is 53.9 Å². The van der Waals surface area contributed by atoms with Gasteiger partial charge in [0.15, 0.2) is 0 Å². The van der Waals surface area contributed by atoms with Gasteiger partial charge in [-0.1, -0.05) is 0 Å². The van der Waals surface area contributed by atoms with Crippen molar-refractivity contribution >= 4 is 18.1 Å². The van der Waals surface area contributed by atoms with E-state index >= 15 is 0 Å². The monoisotopic (exact) mass is 423 g/mol. The maximum absolute atomic E-state index is 12.6. The van der Waals surface area contributed by atoms with Crippen LogP contribution in [0.25, 0.3) is 0 Å². The second-order valence-electron chi connectivity index (χ2n) is 9.17. The van der Waals surface area contributed by atoms with Gasteiger partial charge in [0.05, 0.1) is 19.2 Å². The zero-order valence-electron chi connectivity index (χ0n) is 18.6. The van der Waals surface area contributed by atoms with Crippen LogP contribution in [0, 0.1) is 0 Å². The number of imide groups is 1. The van der Waals surface area contributed by atoms with E-state index < -0.39 is 23.4 Å². The summed E-state index contributed by atoms with van der Waals surface area (Å²) in [6.45, 7) is 12.3. The average molecular weight is 424 g/mol. The van der Waals surface area contributed by atoms with E-state index in [9.17, 15) is 14.7 Å². The van der Waals surface area contributed by atoms with E-state index in [0.717, 1.165) is 11.4 Å². The van der Waals surface area contributed by atoms with E-state index in [4.69, 9.17) is 9.47 Å². The van der Waals surface area contributed by atoms with Crippen LogP contribution in [0.1, 0.15) is 47.1 Å². The molecule has 2 amide bonds. The van der Waals surface area contributed by atoms with E-state index in [2.05, 4.69) is 15.3 Å². The van der Waals surface area contributed by atoms with Gasteiger partial charge in [-0.3, -0.25) is 0 Å². The van der Waals surface area contributed by atoms with Crippen molar-refractivity contribution in [2.24, 2.45) is 0 Å². The van der Waals surface area contributed by atoms with Crippen molar-refractivity contribution < 1.29 is 24.2 Å². The molecule has 1 aromatic heterocycles. The lowest BCUT2D eigenvalue weighted by Gasteiger charge is -2.35. The number of aromatic nitrogens is 2. The summed E-state index contributed by atoms with van der Waals surface area (Å²) < 4.78 is 10.7. The van der Waals surface area contributed by atoms with Gasteiger partial charge < -0.3 is 24.8 Å². The van der Waals surface area contributed by atoms with Crippen molar-refractivity contribution in [2.75, 3.05) is 31.1 Å². The Bertz CT molecular complexity index is 699. The topological polar surface area (TPSA) is 117 Å². The van der Waals surface area contributed by atoms with Gasteiger partial charge in [-0.05, 0) is 41.5 Å². The fourth-order valence-corrected chi connectivity index (χ4v) is 2.79. The highest BCUT2D eigenvalue weighted by Gasteiger charge is 2.31. The summed E-state index contributed by atoms with van der Waals surface area (Å²) >= 11 is 0. The number of hydrogen-bond donors (Lipinski definition) is 2. The van der Waals surface area contributed by atoms with Gasteiger partial charge in [0.2, 0.25) is 5.95 Å². The van der Waals surface area contributed by atoms with E-state index in [-0.39, 0.29) is 19.2 Å². The lowest BCUT2D eigenvalue weighted by molar-refractivity contribution is -0.000275. The molecule has 2 rings (SSSR count). The summed E-state index contributed by atoms with van der Waals surface area (Å²) in [5.74, 6) is 0.486. The van der Waals surface area contributed by atoms with Crippen molar-refractivity contribution in [3.63, 3.8) is 0 Å².